The number of esters is 1. The van der Waals surface area contributed by atoms with Crippen LogP contribution in [0.5, 0.6) is 0 Å². The zero-order valence-electron chi connectivity index (χ0n) is 20.8. The number of hydrogen-bond donors (Lipinski definition) is 1. The van der Waals surface area contributed by atoms with Crippen molar-refractivity contribution in [2.75, 3.05) is 6.61 Å². The number of carbonyl (C=O) groups is 1. The molecule has 0 rings (SSSR count). The first-order chi connectivity index (χ1) is 13.1. The molecule has 0 spiro atoms. The van der Waals surface area contributed by atoms with Crippen molar-refractivity contribution < 1.29 is 40.5 Å². The largest absolute Gasteiger partial charge is 1.00 e. The summed E-state index contributed by atoms with van der Waals surface area (Å²) in [4.78, 5) is 11.7. The van der Waals surface area contributed by atoms with E-state index in [0.717, 1.165) is 12.8 Å². The van der Waals surface area contributed by atoms with Crippen molar-refractivity contribution >= 4 is 5.97 Å². The fourth-order valence-electron chi connectivity index (χ4n) is 3.53. The molecular weight excluding hydrogens is 357 g/mol. The Hall–Kier alpha value is 0.430. The smallest absolute Gasteiger partial charge is 1.00 e. The van der Waals surface area contributed by atoms with Crippen molar-refractivity contribution in [2.24, 2.45) is 11.7 Å². The summed E-state index contributed by atoms with van der Waals surface area (Å²) in [5.41, 5.74) is 5.82. The molecule has 0 aromatic carbocycles. The molecule has 28 heavy (non-hydrogen) atoms. The van der Waals surface area contributed by atoms with Gasteiger partial charge in [0.25, 0.3) is 0 Å². The van der Waals surface area contributed by atoms with Gasteiger partial charge < -0.3 is 11.9 Å². The van der Waals surface area contributed by atoms with Crippen molar-refractivity contribution in [2.45, 2.75) is 136 Å². The second-order valence-corrected chi connectivity index (χ2v) is 8.71. The van der Waals surface area contributed by atoms with Crippen molar-refractivity contribution in [1.82, 2.24) is 0 Å². The monoisotopic (exact) mass is 407 g/mol. The zero-order chi connectivity index (χ0) is 20.2. The van der Waals surface area contributed by atoms with E-state index in [4.69, 9.17) is 10.5 Å². The van der Waals surface area contributed by atoms with E-state index in [1.54, 1.807) is 0 Å². The minimum Gasteiger partial charge on any atom is -1.00 e. The van der Waals surface area contributed by atoms with Crippen LogP contribution in [0, 0.1) is 5.92 Å². The maximum atomic E-state index is 11.7. The summed E-state index contributed by atoms with van der Waals surface area (Å²) in [6, 6.07) is -0.453. The molecule has 0 aromatic rings. The Morgan fingerprint density at radius 2 is 1.11 bits per heavy atom. The van der Waals surface area contributed by atoms with E-state index < -0.39 is 6.04 Å². The second kappa shape index (κ2) is 23.7. The Labute approximate surface area is 200 Å². The van der Waals surface area contributed by atoms with Crippen molar-refractivity contribution in [1.29, 1.82) is 0 Å². The van der Waals surface area contributed by atoms with Gasteiger partial charge in [-0.05, 0) is 18.8 Å². The van der Waals surface area contributed by atoms with Crippen LogP contribution in [0.15, 0.2) is 0 Å². The molecule has 0 amide bonds. The Morgan fingerprint density at radius 3 is 1.46 bits per heavy atom. The van der Waals surface area contributed by atoms with E-state index in [9.17, 15) is 4.79 Å². The third-order valence-corrected chi connectivity index (χ3v) is 5.27. The van der Waals surface area contributed by atoms with Crippen LogP contribution in [0.1, 0.15) is 131 Å². The molecule has 0 unspecified atom stereocenters. The summed E-state index contributed by atoms with van der Waals surface area (Å²) in [5.74, 6) is 0.202. The zero-order valence-corrected chi connectivity index (χ0v) is 21.8. The summed E-state index contributed by atoms with van der Waals surface area (Å²) >= 11 is 0. The molecule has 0 heterocycles. The third-order valence-electron chi connectivity index (χ3n) is 5.27. The van der Waals surface area contributed by atoms with Gasteiger partial charge >= 0.3 is 35.5 Å². The molecule has 3 nitrogen and oxygen atoms in total. The predicted molar refractivity (Wildman–Crippen MR) is 119 cm³/mol. The fourth-order valence-corrected chi connectivity index (χ4v) is 3.53. The Bertz CT molecular complexity index is 330. The van der Waals surface area contributed by atoms with Gasteiger partial charge in [0, 0.05) is 0 Å². The summed E-state index contributed by atoms with van der Waals surface area (Å²) in [7, 11) is 0. The van der Waals surface area contributed by atoms with Crippen LogP contribution in [0.25, 0.3) is 0 Å². The molecule has 0 aliphatic rings. The van der Waals surface area contributed by atoms with Gasteiger partial charge in [-0.2, -0.15) is 0 Å². The summed E-state index contributed by atoms with van der Waals surface area (Å²) in [6.07, 6.45) is 22.4. The number of nitrogens with two attached hydrogens (primary N) is 1. The Morgan fingerprint density at radius 1 is 0.750 bits per heavy atom. The van der Waals surface area contributed by atoms with Gasteiger partial charge in [0.15, 0.2) is 0 Å². The number of hydrogen-bond acceptors (Lipinski definition) is 3. The van der Waals surface area contributed by atoms with Gasteiger partial charge in [0.2, 0.25) is 0 Å². The molecule has 1 atom stereocenters. The van der Waals surface area contributed by atoms with E-state index in [-0.39, 0.29) is 37.0 Å². The summed E-state index contributed by atoms with van der Waals surface area (Å²) in [5, 5.41) is 0. The molecule has 0 aliphatic heterocycles. The first-order valence-corrected chi connectivity index (χ1v) is 12.0. The normalized spacial score (nSPS) is 12.0. The molecule has 0 aliphatic carbocycles. The van der Waals surface area contributed by atoms with E-state index in [2.05, 4.69) is 20.8 Å². The van der Waals surface area contributed by atoms with E-state index >= 15 is 0 Å². The standard InChI is InChI=1S/C24H49NO2.Na.H/c1-4-5-6-7-8-9-10-11-12-13-14-15-16-17-18-19-20-27-24(26)23(25)21-22(2)3;;/h22-23H,4-21,25H2,1-3H3;;/q;+1;-1/t23-;;/m0../s1. The predicted octanol–water partition coefficient (Wildman–Crippen LogP) is 4.28. The number of ether oxygens (including phenoxy) is 1. The average molecular weight is 408 g/mol. The minimum absolute atomic E-state index is 0. The number of carbonyl (C=O) groups excluding carboxylic acids is 1. The van der Waals surface area contributed by atoms with Gasteiger partial charge in [0.1, 0.15) is 6.04 Å². The quantitative estimate of drug-likeness (QED) is 0.186. The number of rotatable bonds is 20. The Balaban J connectivity index is -0.00000338. The molecule has 2 N–H and O–H groups in total. The molecule has 0 radical (unpaired) electrons. The third kappa shape index (κ3) is 22.7. The van der Waals surface area contributed by atoms with Gasteiger partial charge in [-0.1, -0.05) is 117 Å². The first-order valence-electron chi connectivity index (χ1n) is 12.0. The molecule has 164 valence electrons. The van der Waals surface area contributed by atoms with Crippen LogP contribution in [0.3, 0.4) is 0 Å². The SMILES string of the molecule is CCCCCCCCCCCCCCCCCCOC(=O)[C@@H](N)CC(C)C.[H-].[Na+]. The first kappa shape index (κ1) is 30.6. The molecule has 0 saturated heterocycles. The van der Waals surface area contributed by atoms with Gasteiger partial charge in [0.05, 0.1) is 6.61 Å². The fraction of sp³-hybridized carbons (Fsp3) is 0.958. The van der Waals surface area contributed by atoms with Crippen LogP contribution < -0.4 is 35.3 Å². The molecule has 0 saturated carbocycles. The summed E-state index contributed by atoms with van der Waals surface area (Å²) in [6.45, 7) is 6.96. The van der Waals surface area contributed by atoms with Crippen LogP contribution >= 0.6 is 0 Å². The molecule has 4 heteroatoms. The molecular formula is C24H50NNaO2. The Kier molecular flexibility index (Phi) is 25.9. The average Bonchev–Trinajstić information content (AvgIpc) is 2.63. The van der Waals surface area contributed by atoms with Crippen LogP contribution in [0.2, 0.25) is 0 Å². The molecule has 0 fully saturated rings. The topological polar surface area (TPSA) is 52.3 Å². The minimum atomic E-state index is -0.453. The van der Waals surface area contributed by atoms with E-state index in [1.807, 2.05) is 0 Å². The van der Waals surface area contributed by atoms with Gasteiger partial charge in [-0.15, -0.1) is 0 Å². The van der Waals surface area contributed by atoms with Crippen molar-refractivity contribution in [3.8, 4) is 0 Å². The second-order valence-electron chi connectivity index (χ2n) is 8.71. The van der Waals surface area contributed by atoms with Crippen LogP contribution in [0.4, 0.5) is 0 Å². The maximum Gasteiger partial charge on any atom is 1.00 e. The molecule has 0 aromatic heterocycles. The van der Waals surface area contributed by atoms with E-state index in [0.29, 0.717) is 18.9 Å². The van der Waals surface area contributed by atoms with Gasteiger partial charge in [-0.3, -0.25) is 4.79 Å². The van der Waals surface area contributed by atoms with E-state index in [1.165, 1.54) is 89.9 Å². The van der Waals surface area contributed by atoms with Crippen LogP contribution in [-0.4, -0.2) is 18.6 Å². The number of unbranched alkanes of at least 4 members (excludes halogenated alkanes) is 15. The summed E-state index contributed by atoms with van der Waals surface area (Å²) < 4.78 is 5.26. The molecule has 0 bridgehead atoms. The van der Waals surface area contributed by atoms with Gasteiger partial charge in [-0.25, -0.2) is 0 Å². The van der Waals surface area contributed by atoms with Crippen LogP contribution in [-0.2, 0) is 9.53 Å². The maximum absolute atomic E-state index is 11.7. The van der Waals surface area contributed by atoms with Crippen molar-refractivity contribution in [3.05, 3.63) is 0 Å². The van der Waals surface area contributed by atoms with Crippen molar-refractivity contribution in [3.63, 3.8) is 0 Å².